The molecule has 1 atom stereocenters. The van der Waals surface area contributed by atoms with Gasteiger partial charge in [-0.1, -0.05) is 42.0 Å². The van der Waals surface area contributed by atoms with E-state index >= 15 is 0 Å². The van der Waals surface area contributed by atoms with Gasteiger partial charge in [-0.3, -0.25) is 9.52 Å². The maximum atomic E-state index is 12.6. The van der Waals surface area contributed by atoms with Crippen LogP contribution in [0.5, 0.6) is 5.75 Å². The number of carbonyl (C=O) groups is 1. The molecule has 0 unspecified atom stereocenters. The molecule has 0 aliphatic carbocycles. The topological polar surface area (TPSA) is 84.5 Å². The van der Waals surface area contributed by atoms with Gasteiger partial charge in [-0.15, -0.1) is 0 Å². The molecule has 0 saturated heterocycles. The number of hydrogen-bond acceptors (Lipinski definition) is 4. The maximum Gasteiger partial charge on any atom is 0.261 e. The highest BCUT2D eigenvalue weighted by atomic mass is 32.2. The van der Waals surface area contributed by atoms with E-state index in [1.165, 1.54) is 18.2 Å². The van der Waals surface area contributed by atoms with Gasteiger partial charge in [-0.2, -0.15) is 0 Å². The molecule has 30 heavy (non-hydrogen) atoms. The fourth-order valence-corrected chi connectivity index (χ4v) is 3.81. The van der Waals surface area contributed by atoms with E-state index in [-0.39, 0.29) is 16.8 Å². The molecule has 0 aromatic heterocycles. The van der Waals surface area contributed by atoms with Crippen molar-refractivity contribution in [1.82, 2.24) is 5.32 Å². The molecule has 0 heterocycles. The Morgan fingerprint density at radius 3 is 2.37 bits per heavy atom. The second kappa shape index (κ2) is 9.45. The molecule has 0 radical (unpaired) electrons. The number of nitrogens with one attached hydrogen (secondary N) is 2. The zero-order chi connectivity index (χ0) is 21.6. The molecule has 3 aromatic rings. The average Bonchev–Trinajstić information content (AvgIpc) is 2.74. The van der Waals surface area contributed by atoms with E-state index in [0.717, 1.165) is 11.3 Å². The van der Waals surface area contributed by atoms with Gasteiger partial charge in [-0.05, 0) is 56.3 Å². The summed E-state index contributed by atoms with van der Waals surface area (Å²) in [6, 6.07) is 21.9. The normalized spacial score (nSPS) is 12.1. The molecule has 0 saturated carbocycles. The second-order valence-corrected chi connectivity index (χ2v) is 8.68. The number of carbonyl (C=O) groups excluding carboxylic acids is 1. The van der Waals surface area contributed by atoms with Gasteiger partial charge >= 0.3 is 0 Å². The molecular weight excluding hydrogens is 400 g/mol. The van der Waals surface area contributed by atoms with Crippen LogP contribution in [-0.4, -0.2) is 27.0 Å². The molecule has 3 rings (SSSR count). The number of rotatable bonds is 8. The van der Waals surface area contributed by atoms with Crippen molar-refractivity contribution in [3.63, 3.8) is 0 Å². The number of hydrogen-bond donors (Lipinski definition) is 2. The third-order valence-corrected chi connectivity index (χ3v) is 5.73. The Balaban J connectivity index is 1.60. The zero-order valence-electron chi connectivity index (χ0n) is 16.8. The highest BCUT2D eigenvalue weighted by Gasteiger charge is 2.15. The monoisotopic (exact) mass is 424 g/mol. The van der Waals surface area contributed by atoms with Gasteiger partial charge in [0.1, 0.15) is 12.4 Å². The molecule has 2 N–H and O–H groups in total. The first-order valence-corrected chi connectivity index (χ1v) is 11.0. The summed E-state index contributed by atoms with van der Waals surface area (Å²) in [6.45, 7) is 4.16. The van der Waals surface area contributed by atoms with Crippen LogP contribution in [0.4, 0.5) is 5.69 Å². The Bertz CT molecular complexity index is 1100. The lowest BCUT2D eigenvalue weighted by Gasteiger charge is -2.16. The van der Waals surface area contributed by atoms with Crippen molar-refractivity contribution in [2.45, 2.75) is 24.8 Å². The molecule has 156 valence electrons. The second-order valence-electron chi connectivity index (χ2n) is 7.00. The lowest BCUT2D eigenvalue weighted by atomic mass is 10.2. The number of amides is 1. The number of anilines is 1. The summed E-state index contributed by atoms with van der Waals surface area (Å²) in [7, 11) is -3.72. The fraction of sp³-hybridized carbons (Fsp3) is 0.174. The molecule has 3 aromatic carbocycles. The number of benzene rings is 3. The Morgan fingerprint density at radius 2 is 1.67 bits per heavy atom. The molecule has 0 bridgehead atoms. The fourth-order valence-electron chi connectivity index (χ4n) is 2.74. The van der Waals surface area contributed by atoms with E-state index in [0.29, 0.717) is 17.9 Å². The van der Waals surface area contributed by atoms with Crippen LogP contribution in [0.25, 0.3) is 0 Å². The lowest BCUT2D eigenvalue weighted by molar-refractivity contribution is 0.0926. The molecule has 1 amide bonds. The van der Waals surface area contributed by atoms with Gasteiger partial charge in [0.25, 0.3) is 15.9 Å². The van der Waals surface area contributed by atoms with Crippen molar-refractivity contribution >= 4 is 21.6 Å². The van der Waals surface area contributed by atoms with E-state index in [1.54, 1.807) is 36.4 Å². The van der Waals surface area contributed by atoms with E-state index in [2.05, 4.69) is 10.0 Å². The van der Waals surface area contributed by atoms with E-state index in [4.69, 9.17) is 4.74 Å². The van der Waals surface area contributed by atoms with Crippen LogP contribution < -0.4 is 14.8 Å². The minimum atomic E-state index is -3.72. The SMILES string of the molecule is Cc1ccc(OC[C@H](C)NC(=O)c2cccc(NS(=O)(=O)c3ccccc3)c2)cc1. The molecule has 6 nitrogen and oxygen atoms in total. The Morgan fingerprint density at radius 1 is 0.967 bits per heavy atom. The Kier molecular flexibility index (Phi) is 6.74. The van der Waals surface area contributed by atoms with Crippen LogP contribution in [0.15, 0.2) is 83.8 Å². The quantitative estimate of drug-likeness (QED) is 0.573. The Labute approximate surface area is 177 Å². The first-order chi connectivity index (χ1) is 14.3. The molecule has 0 aliphatic rings. The third-order valence-electron chi connectivity index (χ3n) is 4.33. The standard InChI is InChI=1S/C23H24N2O4S/c1-17-11-13-21(14-12-17)29-16-18(2)24-23(26)19-7-6-8-20(15-19)25-30(27,28)22-9-4-3-5-10-22/h3-15,18,25H,16H2,1-2H3,(H,24,26)/t18-/m0/s1. The van der Waals surface area contributed by atoms with Crippen molar-refractivity contribution in [3.05, 3.63) is 90.0 Å². The van der Waals surface area contributed by atoms with Crippen molar-refractivity contribution in [1.29, 1.82) is 0 Å². The van der Waals surface area contributed by atoms with E-state index in [9.17, 15) is 13.2 Å². The van der Waals surface area contributed by atoms with Crippen LogP contribution in [0, 0.1) is 6.92 Å². The summed E-state index contributed by atoms with van der Waals surface area (Å²) in [6.07, 6.45) is 0. The maximum absolute atomic E-state index is 12.6. The van der Waals surface area contributed by atoms with Crippen molar-refractivity contribution < 1.29 is 17.9 Å². The van der Waals surface area contributed by atoms with Crippen LogP contribution in [0.2, 0.25) is 0 Å². The largest absolute Gasteiger partial charge is 0.491 e. The summed E-state index contributed by atoms with van der Waals surface area (Å²) >= 11 is 0. The first-order valence-electron chi connectivity index (χ1n) is 9.52. The predicted molar refractivity (Wildman–Crippen MR) is 117 cm³/mol. The van der Waals surface area contributed by atoms with Crippen molar-refractivity contribution in [3.8, 4) is 5.75 Å². The first kappa shape index (κ1) is 21.4. The molecule has 0 spiro atoms. The van der Waals surface area contributed by atoms with Gasteiger partial charge in [0.15, 0.2) is 0 Å². The molecule has 0 fully saturated rings. The van der Waals surface area contributed by atoms with Crippen molar-refractivity contribution in [2.75, 3.05) is 11.3 Å². The number of aryl methyl sites for hydroxylation is 1. The molecule has 0 aliphatic heterocycles. The lowest BCUT2D eigenvalue weighted by Crippen LogP contribution is -2.36. The van der Waals surface area contributed by atoms with Gasteiger partial charge in [0.05, 0.1) is 10.9 Å². The van der Waals surface area contributed by atoms with Gasteiger partial charge < -0.3 is 10.1 Å². The van der Waals surface area contributed by atoms with Crippen LogP contribution in [0.3, 0.4) is 0 Å². The summed E-state index contributed by atoms with van der Waals surface area (Å²) in [5.74, 6) is 0.426. The average molecular weight is 425 g/mol. The minimum Gasteiger partial charge on any atom is -0.491 e. The number of ether oxygens (including phenoxy) is 1. The highest BCUT2D eigenvalue weighted by molar-refractivity contribution is 7.92. The minimum absolute atomic E-state index is 0.154. The van der Waals surface area contributed by atoms with Crippen LogP contribution >= 0.6 is 0 Å². The van der Waals surface area contributed by atoms with Gasteiger partial charge in [0.2, 0.25) is 0 Å². The highest BCUT2D eigenvalue weighted by Crippen LogP contribution is 2.17. The zero-order valence-corrected chi connectivity index (χ0v) is 17.6. The van der Waals surface area contributed by atoms with Crippen LogP contribution in [-0.2, 0) is 10.0 Å². The smallest absolute Gasteiger partial charge is 0.261 e. The summed E-state index contributed by atoms with van der Waals surface area (Å²) in [4.78, 5) is 12.7. The van der Waals surface area contributed by atoms with E-state index < -0.39 is 10.0 Å². The Hall–Kier alpha value is -3.32. The summed E-state index contributed by atoms with van der Waals surface area (Å²) in [5, 5.41) is 2.86. The van der Waals surface area contributed by atoms with Crippen LogP contribution in [0.1, 0.15) is 22.8 Å². The summed E-state index contributed by atoms with van der Waals surface area (Å²) < 4.78 is 33.1. The molecular formula is C23H24N2O4S. The predicted octanol–water partition coefficient (Wildman–Crippen LogP) is 3.99. The van der Waals surface area contributed by atoms with E-state index in [1.807, 2.05) is 38.1 Å². The van der Waals surface area contributed by atoms with Gasteiger partial charge in [-0.25, -0.2) is 8.42 Å². The number of sulfonamides is 1. The van der Waals surface area contributed by atoms with Gasteiger partial charge in [0, 0.05) is 11.3 Å². The summed E-state index contributed by atoms with van der Waals surface area (Å²) in [5.41, 5.74) is 1.81. The molecule has 7 heteroatoms. The van der Waals surface area contributed by atoms with Crippen molar-refractivity contribution in [2.24, 2.45) is 0 Å². The third kappa shape index (κ3) is 5.84.